The molecule has 23 heavy (non-hydrogen) atoms. The Labute approximate surface area is 136 Å². The molecule has 5 heteroatoms. The fraction of sp³-hybridized carbons (Fsp3) is 0.167. The van der Waals surface area contributed by atoms with E-state index in [0.29, 0.717) is 5.56 Å². The van der Waals surface area contributed by atoms with Crippen LogP contribution in [0.25, 0.3) is 0 Å². The van der Waals surface area contributed by atoms with Gasteiger partial charge in [0.15, 0.2) is 5.78 Å². The minimum Gasteiger partial charge on any atom is -0.292 e. The molecular formula is C18H19NO3S. The molecule has 0 amide bonds. The van der Waals surface area contributed by atoms with E-state index >= 15 is 0 Å². The van der Waals surface area contributed by atoms with Crippen LogP contribution in [0.2, 0.25) is 0 Å². The van der Waals surface area contributed by atoms with Crippen LogP contribution >= 0.6 is 0 Å². The highest BCUT2D eigenvalue weighted by Crippen LogP contribution is 2.14. The highest BCUT2D eigenvalue weighted by Gasteiger charge is 2.25. The summed E-state index contributed by atoms with van der Waals surface area (Å²) in [5.74, 6) is -0.277. The van der Waals surface area contributed by atoms with Crippen molar-refractivity contribution >= 4 is 15.8 Å². The number of carbonyl (C=O) groups excluding carboxylic acids is 1. The first-order valence-electron chi connectivity index (χ1n) is 7.23. The number of nitrogens with one attached hydrogen (secondary N) is 1. The van der Waals surface area contributed by atoms with Gasteiger partial charge in [-0.25, -0.2) is 8.42 Å². The molecule has 0 bridgehead atoms. The van der Waals surface area contributed by atoms with Crippen molar-refractivity contribution in [1.82, 2.24) is 4.72 Å². The zero-order valence-electron chi connectivity index (χ0n) is 12.9. The van der Waals surface area contributed by atoms with Crippen molar-refractivity contribution in [3.63, 3.8) is 0 Å². The van der Waals surface area contributed by atoms with Gasteiger partial charge in [-0.2, -0.15) is 4.72 Å². The van der Waals surface area contributed by atoms with E-state index in [1.54, 1.807) is 42.5 Å². The summed E-state index contributed by atoms with van der Waals surface area (Å²) in [5.41, 5.74) is 1.43. The van der Waals surface area contributed by atoms with Gasteiger partial charge >= 0.3 is 0 Å². The second kappa shape index (κ2) is 7.35. The molecule has 0 aromatic heterocycles. The summed E-state index contributed by atoms with van der Waals surface area (Å²) in [6, 6.07) is 14.2. The van der Waals surface area contributed by atoms with E-state index in [2.05, 4.69) is 11.3 Å². The Bertz CT molecular complexity index is 781. The summed E-state index contributed by atoms with van der Waals surface area (Å²) >= 11 is 0. The average molecular weight is 329 g/mol. The summed E-state index contributed by atoms with van der Waals surface area (Å²) in [5, 5.41) is 0. The Morgan fingerprint density at radius 1 is 1.13 bits per heavy atom. The van der Waals surface area contributed by atoms with Gasteiger partial charge in [0.2, 0.25) is 10.0 Å². The molecule has 0 aliphatic heterocycles. The second-order valence-corrected chi connectivity index (χ2v) is 6.96. The number of rotatable bonds is 7. The Morgan fingerprint density at radius 2 is 1.74 bits per heavy atom. The molecule has 1 N–H and O–H groups in total. The number of benzene rings is 2. The molecule has 2 aromatic carbocycles. The van der Waals surface area contributed by atoms with Crippen LogP contribution in [-0.4, -0.2) is 20.2 Å². The minimum absolute atomic E-state index is 0.137. The van der Waals surface area contributed by atoms with Gasteiger partial charge in [0, 0.05) is 5.56 Å². The Morgan fingerprint density at radius 3 is 2.30 bits per heavy atom. The number of hydrogen-bond donors (Lipinski definition) is 1. The molecule has 0 aliphatic carbocycles. The van der Waals surface area contributed by atoms with Gasteiger partial charge in [-0.05, 0) is 25.5 Å². The molecule has 0 radical (unpaired) electrons. The summed E-state index contributed by atoms with van der Waals surface area (Å²) in [7, 11) is -3.77. The molecule has 4 nitrogen and oxygen atoms in total. The van der Waals surface area contributed by atoms with Crippen molar-refractivity contribution in [2.24, 2.45) is 0 Å². The number of ketones is 1. The third-order valence-corrected chi connectivity index (χ3v) is 4.89. The summed E-state index contributed by atoms with van der Waals surface area (Å²) in [4.78, 5) is 12.7. The van der Waals surface area contributed by atoms with Crippen LogP contribution in [0, 0.1) is 6.92 Å². The zero-order valence-corrected chi connectivity index (χ0v) is 13.7. The molecule has 0 heterocycles. The first-order valence-corrected chi connectivity index (χ1v) is 8.71. The summed E-state index contributed by atoms with van der Waals surface area (Å²) < 4.78 is 27.4. The van der Waals surface area contributed by atoms with Gasteiger partial charge in [-0.1, -0.05) is 54.1 Å². The predicted octanol–water partition coefficient (Wildman–Crippen LogP) is 3.10. The lowest BCUT2D eigenvalue weighted by molar-refractivity contribution is 0.0954. The molecule has 1 atom stereocenters. The fourth-order valence-corrected chi connectivity index (χ4v) is 3.36. The first kappa shape index (κ1) is 17.1. The normalized spacial score (nSPS) is 12.6. The molecule has 0 saturated carbocycles. The van der Waals surface area contributed by atoms with Crippen LogP contribution in [0.15, 0.2) is 72.1 Å². The standard InChI is InChI=1S/C18H19NO3S/c1-3-7-17(18(20)15-8-5-4-6-9-15)19-23(21,22)16-12-10-14(2)11-13-16/h3-6,8-13,17,19H,1,7H2,2H3. The molecule has 120 valence electrons. The lowest BCUT2D eigenvalue weighted by Crippen LogP contribution is -2.40. The molecule has 0 aliphatic rings. The maximum absolute atomic E-state index is 12.5. The fourth-order valence-electron chi connectivity index (χ4n) is 2.15. The largest absolute Gasteiger partial charge is 0.292 e. The average Bonchev–Trinajstić information content (AvgIpc) is 2.55. The highest BCUT2D eigenvalue weighted by atomic mass is 32.2. The Kier molecular flexibility index (Phi) is 5.47. The minimum atomic E-state index is -3.77. The molecule has 0 saturated heterocycles. The number of aryl methyl sites for hydroxylation is 1. The quantitative estimate of drug-likeness (QED) is 0.627. The molecular weight excluding hydrogens is 310 g/mol. The van der Waals surface area contributed by atoms with Crippen molar-refractivity contribution in [1.29, 1.82) is 0 Å². The van der Waals surface area contributed by atoms with Crippen molar-refractivity contribution in [3.8, 4) is 0 Å². The van der Waals surface area contributed by atoms with Gasteiger partial charge < -0.3 is 0 Å². The van der Waals surface area contributed by atoms with Gasteiger partial charge in [0.1, 0.15) is 0 Å². The van der Waals surface area contributed by atoms with E-state index in [1.807, 2.05) is 6.92 Å². The Hall–Kier alpha value is -2.24. The molecule has 1 unspecified atom stereocenters. The molecule has 0 fully saturated rings. The number of sulfonamides is 1. The number of carbonyl (C=O) groups is 1. The maximum Gasteiger partial charge on any atom is 0.241 e. The van der Waals surface area contributed by atoms with Gasteiger partial charge in [-0.3, -0.25) is 4.79 Å². The van der Waals surface area contributed by atoms with Crippen LogP contribution in [0.1, 0.15) is 22.3 Å². The van der Waals surface area contributed by atoms with E-state index in [4.69, 9.17) is 0 Å². The zero-order chi connectivity index (χ0) is 16.9. The number of Topliss-reactive ketones (excluding diaryl/α,β-unsaturated/α-hetero) is 1. The van der Waals surface area contributed by atoms with Crippen molar-refractivity contribution < 1.29 is 13.2 Å². The van der Waals surface area contributed by atoms with E-state index in [-0.39, 0.29) is 17.1 Å². The molecule has 2 aromatic rings. The number of hydrogen-bond acceptors (Lipinski definition) is 3. The third kappa shape index (κ3) is 4.37. The van der Waals surface area contributed by atoms with Crippen LogP contribution in [0.5, 0.6) is 0 Å². The van der Waals surface area contributed by atoms with Gasteiger partial charge in [0.25, 0.3) is 0 Å². The lowest BCUT2D eigenvalue weighted by Gasteiger charge is -2.16. The molecule has 2 rings (SSSR count). The topological polar surface area (TPSA) is 63.2 Å². The summed E-state index contributed by atoms with van der Waals surface area (Å²) in [6.45, 7) is 5.48. The summed E-state index contributed by atoms with van der Waals surface area (Å²) in [6.07, 6.45) is 1.75. The third-order valence-electron chi connectivity index (χ3n) is 3.41. The van der Waals surface area contributed by atoms with Crippen LogP contribution in [0.4, 0.5) is 0 Å². The van der Waals surface area contributed by atoms with Crippen LogP contribution < -0.4 is 4.72 Å². The SMILES string of the molecule is C=CCC(NS(=O)(=O)c1ccc(C)cc1)C(=O)c1ccccc1. The lowest BCUT2D eigenvalue weighted by atomic mass is 10.0. The highest BCUT2D eigenvalue weighted by molar-refractivity contribution is 7.89. The van der Waals surface area contributed by atoms with Crippen molar-refractivity contribution in [3.05, 3.63) is 78.4 Å². The van der Waals surface area contributed by atoms with E-state index in [9.17, 15) is 13.2 Å². The van der Waals surface area contributed by atoms with Crippen molar-refractivity contribution in [2.75, 3.05) is 0 Å². The van der Waals surface area contributed by atoms with Crippen LogP contribution in [0.3, 0.4) is 0 Å². The van der Waals surface area contributed by atoms with E-state index in [1.165, 1.54) is 18.2 Å². The van der Waals surface area contributed by atoms with E-state index in [0.717, 1.165) is 5.56 Å². The van der Waals surface area contributed by atoms with Gasteiger partial charge in [-0.15, -0.1) is 6.58 Å². The maximum atomic E-state index is 12.5. The smallest absolute Gasteiger partial charge is 0.241 e. The molecule has 0 spiro atoms. The predicted molar refractivity (Wildman–Crippen MR) is 90.9 cm³/mol. The Balaban J connectivity index is 2.26. The first-order chi connectivity index (χ1) is 10.9. The van der Waals surface area contributed by atoms with E-state index < -0.39 is 16.1 Å². The van der Waals surface area contributed by atoms with Crippen LogP contribution in [-0.2, 0) is 10.0 Å². The monoisotopic (exact) mass is 329 g/mol. The second-order valence-electron chi connectivity index (χ2n) is 5.24. The van der Waals surface area contributed by atoms with Gasteiger partial charge in [0.05, 0.1) is 10.9 Å². The van der Waals surface area contributed by atoms with Crippen molar-refractivity contribution in [2.45, 2.75) is 24.3 Å².